The van der Waals surface area contributed by atoms with E-state index in [2.05, 4.69) is 32.7 Å². The summed E-state index contributed by atoms with van der Waals surface area (Å²) >= 11 is 1.60. The molecule has 1 aliphatic heterocycles. The molecule has 0 aliphatic carbocycles. The lowest BCUT2D eigenvalue weighted by atomic mass is 10.1. The Morgan fingerprint density at radius 1 is 1.26 bits per heavy atom. The molecular weight excluding hydrogens is 505 g/mol. The molecule has 1 aliphatic rings. The number of aryl methyl sites for hydroxylation is 4. The third-order valence-corrected chi connectivity index (χ3v) is 8.22. The lowest BCUT2D eigenvalue weighted by molar-refractivity contribution is -0.874. The van der Waals surface area contributed by atoms with E-state index in [1.54, 1.807) is 17.7 Å². The van der Waals surface area contributed by atoms with Crippen molar-refractivity contribution in [1.29, 1.82) is 0 Å². The number of fused-ring (bicyclic) bond motifs is 2. The van der Waals surface area contributed by atoms with E-state index in [1.807, 2.05) is 13.8 Å². The molecule has 0 amide bonds. The van der Waals surface area contributed by atoms with E-state index in [-0.39, 0.29) is 12.4 Å². The summed E-state index contributed by atoms with van der Waals surface area (Å²) in [6.07, 6.45) is 7.07. The molecule has 3 aromatic heterocycles. The van der Waals surface area contributed by atoms with Crippen molar-refractivity contribution in [3.05, 3.63) is 46.4 Å². The van der Waals surface area contributed by atoms with Gasteiger partial charge in [-0.1, -0.05) is 6.07 Å². The van der Waals surface area contributed by atoms with E-state index < -0.39 is 12.8 Å². The van der Waals surface area contributed by atoms with Gasteiger partial charge in [-0.05, 0) is 85.3 Å². The molecule has 0 radical (unpaired) electrons. The molecule has 0 saturated heterocycles. The summed E-state index contributed by atoms with van der Waals surface area (Å²) < 4.78 is 21.1. The van der Waals surface area contributed by atoms with Gasteiger partial charge in [0, 0.05) is 38.4 Å². The van der Waals surface area contributed by atoms with Crippen molar-refractivity contribution in [2.45, 2.75) is 64.9 Å². The molecule has 0 aromatic carbocycles. The maximum atomic E-state index is 13.4. The summed E-state index contributed by atoms with van der Waals surface area (Å²) in [5.74, 6) is 0.719. The Labute approximate surface area is 228 Å². The van der Waals surface area contributed by atoms with Gasteiger partial charge >= 0.3 is 12.3 Å². The molecule has 0 unspecified atom stereocenters. The standard InChI is InChI=1S/C28H39FN5O3S/c1-20-18-38-27-21(2)34(19-31-26(20)27)37-25(35)10-7-15-33(17-24(16-29)36-3)14-5-4-9-23-12-11-22-8-6-13-30-28(22)32-23/h11-12,18-19,24H,4-10,13-17H2,1-3H3,(H,30,32)/q+1/t24-/m1/s1. The zero-order chi connectivity index (χ0) is 26.9. The van der Waals surface area contributed by atoms with Crippen molar-refractivity contribution in [3.8, 4) is 0 Å². The van der Waals surface area contributed by atoms with Gasteiger partial charge < -0.3 is 15.0 Å². The summed E-state index contributed by atoms with van der Waals surface area (Å²) in [5, 5.41) is 5.45. The number of pyridine rings is 1. The minimum atomic E-state index is -0.533. The number of aromatic nitrogens is 3. The number of carbonyl (C=O) groups is 1. The molecule has 0 bridgehead atoms. The van der Waals surface area contributed by atoms with E-state index >= 15 is 0 Å². The van der Waals surface area contributed by atoms with Crippen molar-refractivity contribution in [2.75, 3.05) is 45.3 Å². The van der Waals surface area contributed by atoms with Crippen LogP contribution in [0.3, 0.4) is 0 Å². The second-order valence-electron chi connectivity index (χ2n) is 9.93. The summed E-state index contributed by atoms with van der Waals surface area (Å²) in [4.78, 5) is 29.5. The Morgan fingerprint density at radius 2 is 2.11 bits per heavy atom. The normalized spacial score (nSPS) is 13.9. The first-order valence-corrected chi connectivity index (χ1v) is 14.4. The van der Waals surface area contributed by atoms with Crippen LogP contribution in [0.1, 0.15) is 54.6 Å². The molecule has 0 saturated carbocycles. The SMILES string of the molecule is CO[C@H](CF)CN(CCCCc1ccc2c(n1)NCCC2)CCCC(=O)O[n+]1cnc2c(C)csc2c1C. The lowest BCUT2D eigenvalue weighted by Gasteiger charge is -2.25. The number of hydrogen-bond acceptors (Lipinski definition) is 8. The van der Waals surface area contributed by atoms with Crippen molar-refractivity contribution >= 4 is 33.3 Å². The summed E-state index contributed by atoms with van der Waals surface area (Å²) in [6, 6.07) is 4.32. The van der Waals surface area contributed by atoms with Gasteiger partial charge in [0.25, 0.3) is 0 Å². The minimum Gasteiger partial charge on any atom is -0.377 e. The van der Waals surface area contributed by atoms with Gasteiger partial charge in [0.05, 0.1) is 12.5 Å². The number of unbranched alkanes of at least 4 members (excludes halogenated alkanes) is 1. The topological polar surface area (TPSA) is 80.5 Å². The van der Waals surface area contributed by atoms with Gasteiger partial charge in [0.15, 0.2) is 11.2 Å². The molecule has 4 heterocycles. The van der Waals surface area contributed by atoms with Gasteiger partial charge in [0.1, 0.15) is 17.2 Å². The molecule has 4 rings (SSSR count). The van der Waals surface area contributed by atoms with Crippen LogP contribution in [0.2, 0.25) is 0 Å². The van der Waals surface area contributed by atoms with Crippen LogP contribution in [0.15, 0.2) is 23.8 Å². The van der Waals surface area contributed by atoms with Crippen molar-refractivity contribution in [3.63, 3.8) is 0 Å². The highest BCUT2D eigenvalue weighted by atomic mass is 32.1. The highest BCUT2D eigenvalue weighted by Gasteiger charge is 2.20. The second-order valence-corrected chi connectivity index (χ2v) is 10.8. The number of hydrogen-bond donors (Lipinski definition) is 1. The van der Waals surface area contributed by atoms with E-state index in [0.29, 0.717) is 19.5 Å². The van der Waals surface area contributed by atoms with Gasteiger partial charge in [0.2, 0.25) is 0 Å². The molecule has 1 N–H and O–H groups in total. The average molecular weight is 545 g/mol. The fourth-order valence-corrected chi connectivity index (χ4v) is 5.76. The summed E-state index contributed by atoms with van der Waals surface area (Å²) in [6.45, 7) is 6.37. The maximum Gasteiger partial charge on any atom is 0.358 e. The van der Waals surface area contributed by atoms with Crippen molar-refractivity contribution in [1.82, 2.24) is 14.9 Å². The van der Waals surface area contributed by atoms with Crippen molar-refractivity contribution in [2.24, 2.45) is 0 Å². The molecule has 206 valence electrons. The molecule has 1 atom stereocenters. The Bertz CT molecular complexity index is 1220. The Balaban J connectivity index is 1.24. The van der Waals surface area contributed by atoms with Crippen LogP contribution < -0.4 is 14.9 Å². The monoisotopic (exact) mass is 544 g/mol. The molecule has 38 heavy (non-hydrogen) atoms. The number of methoxy groups -OCH3 is 1. The number of nitrogens with one attached hydrogen (secondary N) is 1. The highest BCUT2D eigenvalue weighted by molar-refractivity contribution is 7.17. The molecule has 0 spiro atoms. The molecule has 0 fully saturated rings. The van der Waals surface area contributed by atoms with Gasteiger partial charge in [-0.3, -0.25) is 4.84 Å². The predicted molar refractivity (Wildman–Crippen MR) is 147 cm³/mol. The number of alkyl halides is 1. The Hall–Kier alpha value is -2.69. The highest BCUT2D eigenvalue weighted by Crippen LogP contribution is 2.24. The smallest absolute Gasteiger partial charge is 0.358 e. The molecule has 10 heteroatoms. The zero-order valence-corrected chi connectivity index (χ0v) is 23.5. The van der Waals surface area contributed by atoms with Crippen LogP contribution in [-0.2, 0) is 22.4 Å². The van der Waals surface area contributed by atoms with Crippen LogP contribution in [0.25, 0.3) is 10.2 Å². The quantitative estimate of drug-likeness (QED) is 0.243. The van der Waals surface area contributed by atoms with Crippen LogP contribution in [0.5, 0.6) is 0 Å². The van der Waals surface area contributed by atoms with Gasteiger partial charge in [-0.15, -0.1) is 11.3 Å². The predicted octanol–water partition coefficient (Wildman–Crippen LogP) is 4.00. The Kier molecular flexibility index (Phi) is 10.4. The van der Waals surface area contributed by atoms with Crippen LogP contribution in [-0.4, -0.2) is 66.9 Å². The van der Waals surface area contributed by atoms with Crippen molar-refractivity contribution < 1.29 is 23.5 Å². The fourth-order valence-electron chi connectivity index (χ4n) is 4.76. The summed E-state index contributed by atoms with van der Waals surface area (Å²) in [7, 11) is 1.54. The first-order chi connectivity index (χ1) is 18.5. The van der Waals surface area contributed by atoms with Crippen LogP contribution >= 0.6 is 11.3 Å². The number of ether oxygens (including phenoxy) is 1. The Morgan fingerprint density at radius 3 is 2.92 bits per heavy atom. The second kappa shape index (κ2) is 13.9. The van der Waals surface area contributed by atoms with E-state index in [1.165, 1.54) is 17.4 Å². The molecule has 3 aromatic rings. The summed E-state index contributed by atoms with van der Waals surface area (Å²) in [5.41, 5.74) is 5.32. The third kappa shape index (κ3) is 7.45. The average Bonchev–Trinajstić information content (AvgIpc) is 3.31. The number of thiophene rings is 1. The van der Waals surface area contributed by atoms with E-state index in [9.17, 15) is 9.18 Å². The lowest BCUT2D eigenvalue weighted by Crippen LogP contribution is -2.48. The molecular formula is C28H39FN5O3S+. The fraction of sp³-hybridized carbons (Fsp3) is 0.571. The number of rotatable bonds is 14. The number of halogens is 1. The first kappa shape index (κ1) is 28.3. The first-order valence-electron chi connectivity index (χ1n) is 13.5. The third-order valence-electron chi connectivity index (χ3n) is 7.02. The molecule has 8 nitrogen and oxygen atoms in total. The van der Waals surface area contributed by atoms with Gasteiger partial charge in [-0.25, -0.2) is 14.2 Å². The van der Waals surface area contributed by atoms with Gasteiger partial charge in [-0.2, -0.15) is 0 Å². The number of nitrogens with zero attached hydrogens (tertiary/aromatic N) is 4. The number of anilines is 1. The number of carbonyl (C=O) groups excluding carboxylic acids is 1. The van der Waals surface area contributed by atoms with E-state index in [4.69, 9.17) is 14.6 Å². The van der Waals surface area contributed by atoms with Crippen LogP contribution in [0, 0.1) is 13.8 Å². The largest absolute Gasteiger partial charge is 0.377 e. The van der Waals surface area contributed by atoms with Crippen LogP contribution in [0.4, 0.5) is 10.2 Å². The van der Waals surface area contributed by atoms with E-state index in [0.717, 1.165) is 78.2 Å². The zero-order valence-electron chi connectivity index (χ0n) is 22.7. The minimum absolute atomic E-state index is 0.268. The maximum absolute atomic E-state index is 13.4.